The highest BCUT2D eigenvalue weighted by atomic mass is 35.5. The molecule has 7 nitrogen and oxygen atoms in total. The average molecular weight is 582 g/mol. The van der Waals surface area contributed by atoms with Crippen molar-refractivity contribution in [3.63, 3.8) is 0 Å². The normalized spacial score (nSPS) is 11.3. The van der Waals surface area contributed by atoms with Crippen LogP contribution >= 0.6 is 35.0 Å². The third-order valence-electron chi connectivity index (χ3n) is 5.24. The van der Waals surface area contributed by atoms with Crippen LogP contribution in [0.4, 0.5) is 23.7 Å². The summed E-state index contributed by atoms with van der Waals surface area (Å²) in [6.45, 7) is -0.147. The van der Waals surface area contributed by atoms with E-state index in [1.165, 1.54) is 30.0 Å². The van der Waals surface area contributed by atoms with E-state index in [2.05, 4.69) is 20.8 Å². The number of thioether (sulfide) groups is 1. The number of urea groups is 1. The van der Waals surface area contributed by atoms with Crippen molar-refractivity contribution in [2.45, 2.75) is 23.6 Å². The summed E-state index contributed by atoms with van der Waals surface area (Å²) >= 11 is 13.9. The van der Waals surface area contributed by atoms with Crippen LogP contribution in [0, 0.1) is 0 Å². The van der Waals surface area contributed by atoms with Crippen molar-refractivity contribution >= 4 is 46.7 Å². The van der Waals surface area contributed by atoms with Crippen LogP contribution in [0.2, 0.25) is 10.0 Å². The first-order valence-electron chi connectivity index (χ1n) is 11.0. The lowest BCUT2D eigenvalue weighted by atomic mass is 10.1. The summed E-state index contributed by atoms with van der Waals surface area (Å²) in [5.41, 5.74) is 0.180. The monoisotopic (exact) mass is 581 g/mol. The molecule has 38 heavy (non-hydrogen) atoms. The fourth-order valence-corrected chi connectivity index (χ4v) is 4.89. The molecule has 0 saturated heterocycles. The second-order valence-corrected chi connectivity index (χ2v) is 9.61. The van der Waals surface area contributed by atoms with Gasteiger partial charge in [0, 0.05) is 10.8 Å². The molecule has 0 unspecified atom stereocenters. The topological polar surface area (TPSA) is 81.1 Å². The summed E-state index contributed by atoms with van der Waals surface area (Å²) in [6.07, 6.45) is -4.62. The molecule has 0 fully saturated rings. The molecule has 2 amide bonds. The minimum atomic E-state index is -4.62. The first-order valence-corrected chi connectivity index (χ1v) is 12.8. The van der Waals surface area contributed by atoms with Crippen molar-refractivity contribution < 1.29 is 22.7 Å². The number of carbonyl (C=O) groups excluding carboxylic acids is 1. The van der Waals surface area contributed by atoms with Gasteiger partial charge >= 0.3 is 12.2 Å². The number of methoxy groups -OCH3 is 1. The van der Waals surface area contributed by atoms with Gasteiger partial charge in [0.05, 0.1) is 35.6 Å². The Morgan fingerprint density at radius 1 is 1.05 bits per heavy atom. The maximum absolute atomic E-state index is 13.3. The van der Waals surface area contributed by atoms with Gasteiger partial charge in [0.25, 0.3) is 0 Å². The first-order chi connectivity index (χ1) is 18.2. The Balaban J connectivity index is 1.56. The molecule has 198 valence electrons. The number of ether oxygens (including phenoxy) is 1. The number of benzene rings is 3. The smallest absolute Gasteiger partial charge is 0.418 e. The van der Waals surface area contributed by atoms with Crippen LogP contribution in [0.5, 0.6) is 5.75 Å². The number of carbonyl (C=O) groups is 1. The summed E-state index contributed by atoms with van der Waals surface area (Å²) in [5, 5.41) is 14.5. The lowest BCUT2D eigenvalue weighted by Gasteiger charge is -2.15. The fraction of sp³-hybridized carbons (Fsp3) is 0.160. The fourth-order valence-electron chi connectivity index (χ4n) is 3.49. The van der Waals surface area contributed by atoms with Gasteiger partial charge in [0.2, 0.25) is 0 Å². The number of nitrogens with zero attached hydrogens (tertiary/aromatic N) is 3. The van der Waals surface area contributed by atoms with E-state index in [4.69, 9.17) is 27.9 Å². The van der Waals surface area contributed by atoms with Gasteiger partial charge < -0.3 is 15.4 Å². The zero-order valence-corrected chi connectivity index (χ0v) is 22.0. The number of hydrogen-bond donors (Lipinski definition) is 2. The molecule has 0 radical (unpaired) electrons. The Bertz CT molecular complexity index is 1450. The van der Waals surface area contributed by atoms with E-state index >= 15 is 0 Å². The first kappa shape index (κ1) is 27.6. The number of rotatable bonds is 8. The SMILES string of the molecule is COc1cccc(CSc2nnc(CNC(=O)Nc3ccccc3C(F)(F)F)n2-c2ccc(Cl)cc2Cl)c1. The second kappa shape index (κ2) is 12.0. The average Bonchev–Trinajstić information content (AvgIpc) is 3.28. The maximum atomic E-state index is 13.3. The van der Waals surface area contributed by atoms with Crippen LogP contribution in [-0.2, 0) is 18.5 Å². The maximum Gasteiger partial charge on any atom is 0.418 e. The Kier molecular flexibility index (Phi) is 8.70. The van der Waals surface area contributed by atoms with Gasteiger partial charge in [-0.2, -0.15) is 13.2 Å². The van der Waals surface area contributed by atoms with Crippen molar-refractivity contribution in [1.82, 2.24) is 20.1 Å². The molecule has 4 rings (SSSR count). The molecular weight excluding hydrogens is 562 g/mol. The Morgan fingerprint density at radius 2 is 1.84 bits per heavy atom. The number of alkyl halides is 3. The number of anilines is 1. The number of nitrogens with one attached hydrogen (secondary N) is 2. The second-order valence-electron chi connectivity index (χ2n) is 7.82. The van der Waals surface area contributed by atoms with Crippen molar-refractivity contribution in [3.05, 3.63) is 93.7 Å². The minimum Gasteiger partial charge on any atom is -0.497 e. The molecule has 2 N–H and O–H groups in total. The third kappa shape index (κ3) is 6.72. The van der Waals surface area contributed by atoms with Gasteiger partial charge in [-0.05, 0) is 48.0 Å². The van der Waals surface area contributed by atoms with Crippen LogP contribution in [0.3, 0.4) is 0 Å². The lowest BCUT2D eigenvalue weighted by Crippen LogP contribution is -2.30. The van der Waals surface area contributed by atoms with E-state index < -0.39 is 17.8 Å². The van der Waals surface area contributed by atoms with Crippen LogP contribution in [-0.4, -0.2) is 27.9 Å². The molecule has 0 spiro atoms. The number of aromatic nitrogens is 3. The van der Waals surface area contributed by atoms with Gasteiger partial charge in [-0.1, -0.05) is 59.2 Å². The molecule has 0 bridgehead atoms. The van der Waals surface area contributed by atoms with Gasteiger partial charge in [-0.3, -0.25) is 4.57 Å². The highest BCUT2D eigenvalue weighted by Gasteiger charge is 2.33. The molecule has 0 aliphatic rings. The lowest BCUT2D eigenvalue weighted by molar-refractivity contribution is -0.136. The van der Waals surface area contributed by atoms with Crippen molar-refractivity contribution in [2.75, 3.05) is 12.4 Å². The predicted molar refractivity (Wildman–Crippen MR) is 141 cm³/mol. The molecular formula is C25H20Cl2F3N5O2S. The van der Waals surface area contributed by atoms with Crippen molar-refractivity contribution in [2.24, 2.45) is 0 Å². The molecule has 1 aromatic heterocycles. The molecule has 0 aliphatic carbocycles. The van der Waals surface area contributed by atoms with E-state index in [0.29, 0.717) is 38.2 Å². The van der Waals surface area contributed by atoms with Gasteiger partial charge in [-0.15, -0.1) is 10.2 Å². The number of halogens is 5. The predicted octanol–water partition coefficient (Wildman–Crippen LogP) is 7.22. The highest BCUT2D eigenvalue weighted by Crippen LogP contribution is 2.35. The van der Waals surface area contributed by atoms with E-state index in [1.54, 1.807) is 29.9 Å². The number of amides is 2. The van der Waals surface area contributed by atoms with Crippen LogP contribution in [0.25, 0.3) is 5.69 Å². The van der Waals surface area contributed by atoms with Gasteiger partial charge in [-0.25, -0.2) is 4.79 Å². The van der Waals surface area contributed by atoms with Gasteiger partial charge in [0.1, 0.15) is 5.75 Å². The zero-order chi connectivity index (χ0) is 27.3. The Morgan fingerprint density at radius 3 is 2.58 bits per heavy atom. The van der Waals surface area contributed by atoms with Crippen LogP contribution in [0.15, 0.2) is 71.9 Å². The zero-order valence-electron chi connectivity index (χ0n) is 19.7. The number of para-hydroxylation sites is 1. The van der Waals surface area contributed by atoms with E-state index in [1.807, 2.05) is 24.3 Å². The van der Waals surface area contributed by atoms with E-state index in [0.717, 1.165) is 11.6 Å². The standard InChI is InChI=1S/C25H20Cl2F3N5O2S/c1-37-17-6-4-5-15(11-17)14-38-24-34-33-22(35(24)21-10-9-16(26)12-19(21)27)13-31-23(36)32-20-8-3-2-7-18(20)25(28,29)30/h2-12H,13-14H2,1H3,(H2,31,32,36). The van der Waals surface area contributed by atoms with Crippen molar-refractivity contribution in [3.8, 4) is 11.4 Å². The summed E-state index contributed by atoms with van der Waals surface area (Å²) in [7, 11) is 1.59. The molecule has 3 aromatic carbocycles. The molecule has 4 aromatic rings. The summed E-state index contributed by atoms with van der Waals surface area (Å²) < 4.78 is 46.7. The Labute approximate surface area is 230 Å². The summed E-state index contributed by atoms with van der Waals surface area (Å²) in [5.74, 6) is 1.55. The van der Waals surface area contributed by atoms with Crippen LogP contribution in [0.1, 0.15) is 17.0 Å². The van der Waals surface area contributed by atoms with Gasteiger partial charge in [0.15, 0.2) is 11.0 Å². The summed E-state index contributed by atoms with van der Waals surface area (Å²) in [4.78, 5) is 12.5. The molecule has 13 heteroatoms. The summed E-state index contributed by atoms with van der Waals surface area (Å²) in [6, 6.07) is 16.3. The largest absolute Gasteiger partial charge is 0.497 e. The quantitative estimate of drug-likeness (QED) is 0.215. The number of hydrogen-bond acceptors (Lipinski definition) is 5. The van der Waals surface area contributed by atoms with E-state index in [9.17, 15) is 18.0 Å². The molecule has 0 aliphatic heterocycles. The molecule has 0 saturated carbocycles. The minimum absolute atomic E-state index is 0.147. The van der Waals surface area contributed by atoms with Crippen LogP contribution < -0.4 is 15.4 Å². The molecule has 0 atom stereocenters. The Hall–Kier alpha value is -3.41. The highest BCUT2D eigenvalue weighted by molar-refractivity contribution is 7.98. The van der Waals surface area contributed by atoms with Crippen molar-refractivity contribution in [1.29, 1.82) is 0 Å². The third-order valence-corrected chi connectivity index (χ3v) is 6.78. The molecule has 1 heterocycles. The van der Waals surface area contributed by atoms with E-state index in [-0.39, 0.29) is 12.2 Å².